The van der Waals surface area contributed by atoms with Crippen LogP contribution in [0, 0.1) is 12.8 Å². The predicted octanol–water partition coefficient (Wildman–Crippen LogP) is 2.90. The van der Waals surface area contributed by atoms with Crippen LogP contribution in [0.4, 0.5) is 0 Å². The average molecular weight is 341 g/mol. The van der Waals surface area contributed by atoms with E-state index in [4.69, 9.17) is 5.73 Å². The molecule has 1 aromatic rings. The lowest BCUT2D eigenvalue weighted by Gasteiger charge is -2.34. The number of rotatable bonds is 5. The highest BCUT2D eigenvalue weighted by molar-refractivity contribution is 9.10. The summed E-state index contributed by atoms with van der Waals surface area (Å²) in [5.74, 6) is 0.370. The monoisotopic (exact) mass is 340 g/mol. The molecule has 1 aromatic carbocycles. The van der Waals surface area contributed by atoms with Gasteiger partial charge in [0.1, 0.15) is 0 Å². The van der Waals surface area contributed by atoms with Gasteiger partial charge in [0.2, 0.25) is 0 Å². The number of nitrogens with one attached hydrogen (secondary N) is 1. The van der Waals surface area contributed by atoms with Gasteiger partial charge in [0.25, 0.3) is 0 Å². The van der Waals surface area contributed by atoms with Crippen LogP contribution in [-0.2, 0) is 0 Å². The molecule has 0 heterocycles. The molecule has 0 saturated heterocycles. The molecule has 3 nitrogen and oxygen atoms in total. The van der Waals surface area contributed by atoms with E-state index in [1.807, 2.05) is 0 Å². The minimum absolute atomic E-state index is 0.166. The van der Waals surface area contributed by atoms with Crippen LogP contribution in [0.5, 0.6) is 0 Å². The Morgan fingerprint density at radius 1 is 1.40 bits per heavy atom. The zero-order valence-corrected chi connectivity index (χ0v) is 13.7. The maximum absolute atomic E-state index is 9.52. The summed E-state index contributed by atoms with van der Waals surface area (Å²) in [7, 11) is 0. The van der Waals surface area contributed by atoms with Gasteiger partial charge in [0.15, 0.2) is 0 Å². The maximum atomic E-state index is 9.52. The number of hydrogen-bond donors (Lipinski definition) is 3. The molecule has 3 atom stereocenters. The van der Waals surface area contributed by atoms with Crippen molar-refractivity contribution in [1.82, 2.24) is 5.32 Å². The summed E-state index contributed by atoms with van der Waals surface area (Å²) in [6.07, 6.45) is 4.72. The summed E-state index contributed by atoms with van der Waals surface area (Å²) >= 11 is 3.53. The number of aliphatic hydroxyl groups is 1. The van der Waals surface area contributed by atoms with E-state index in [1.165, 1.54) is 24.0 Å². The minimum Gasteiger partial charge on any atom is -0.396 e. The quantitative estimate of drug-likeness (QED) is 0.772. The molecule has 4 N–H and O–H groups in total. The van der Waals surface area contributed by atoms with Gasteiger partial charge < -0.3 is 16.2 Å². The van der Waals surface area contributed by atoms with Crippen molar-refractivity contribution < 1.29 is 5.11 Å². The second-order valence-electron chi connectivity index (χ2n) is 5.80. The minimum atomic E-state index is 0.166. The molecule has 0 aromatic heterocycles. The lowest BCUT2D eigenvalue weighted by molar-refractivity contribution is 0.146. The highest BCUT2D eigenvalue weighted by Gasteiger charge is 2.26. The molecule has 2 rings (SSSR count). The third-order valence-corrected chi connectivity index (χ3v) is 5.27. The van der Waals surface area contributed by atoms with Crippen LogP contribution in [-0.4, -0.2) is 24.3 Å². The van der Waals surface area contributed by atoms with Crippen molar-refractivity contribution >= 4 is 15.9 Å². The van der Waals surface area contributed by atoms with Gasteiger partial charge in [-0.3, -0.25) is 0 Å². The summed E-state index contributed by atoms with van der Waals surface area (Å²) in [6.45, 7) is 2.95. The second-order valence-corrected chi connectivity index (χ2v) is 6.65. The van der Waals surface area contributed by atoms with Crippen molar-refractivity contribution in [3.05, 3.63) is 33.8 Å². The van der Waals surface area contributed by atoms with Crippen molar-refractivity contribution in [2.24, 2.45) is 11.7 Å². The predicted molar refractivity (Wildman–Crippen MR) is 86.6 cm³/mol. The van der Waals surface area contributed by atoms with Gasteiger partial charge in [-0.2, -0.15) is 0 Å². The summed E-state index contributed by atoms with van der Waals surface area (Å²) in [5.41, 5.74) is 8.42. The van der Waals surface area contributed by atoms with Crippen LogP contribution in [0.2, 0.25) is 0 Å². The Hall–Kier alpha value is -0.420. The van der Waals surface area contributed by atoms with Crippen LogP contribution < -0.4 is 11.1 Å². The Kier molecular flexibility index (Phi) is 6.02. The zero-order chi connectivity index (χ0) is 14.5. The molecular weight excluding hydrogens is 316 g/mol. The fourth-order valence-electron chi connectivity index (χ4n) is 3.09. The number of benzene rings is 1. The average Bonchev–Trinajstić information content (AvgIpc) is 2.48. The van der Waals surface area contributed by atoms with Crippen molar-refractivity contribution in [3.63, 3.8) is 0 Å². The molecule has 0 radical (unpaired) electrons. The van der Waals surface area contributed by atoms with Crippen molar-refractivity contribution in [1.29, 1.82) is 0 Å². The normalized spacial score (nSPS) is 24.6. The maximum Gasteiger partial charge on any atom is 0.0474 e. The second kappa shape index (κ2) is 7.55. The summed E-state index contributed by atoms with van der Waals surface area (Å²) in [5, 5.41) is 13.2. The van der Waals surface area contributed by atoms with Crippen LogP contribution in [0.15, 0.2) is 22.7 Å². The molecule has 1 aliphatic carbocycles. The Bertz CT molecular complexity index is 438. The molecule has 1 saturated carbocycles. The van der Waals surface area contributed by atoms with Crippen LogP contribution in [0.3, 0.4) is 0 Å². The van der Waals surface area contributed by atoms with Gasteiger partial charge >= 0.3 is 0 Å². The van der Waals surface area contributed by atoms with Gasteiger partial charge in [-0.15, -0.1) is 0 Å². The molecule has 112 valence electrons. The first-order chi connectivity index (χ1) is 9.65. The van der Waals surface area contributed by atoms with Crippen LogP contribution >= 0.6 is 15.9 Å². The van der Waals surface area contributed by atoms with E-state index in [0.717, 1.165) is 17.3 Å². The summed E-state index contributed by atoms with van der Waals surface area (Å²) in [6, 6.07) is 6.94. The highest BCUT2D eigenvalue weighted by atomic mass is 79.9. The third kappa shape index (κ3) is 3.82. The molecule has 4 heteroatoms. The third-order valence-electron chi connectivity index (χ3n) is 4.38. The van der Waals surface area contributed by atoms with Crippen molar-refractivity contribution in [3.8, 4) is 0 Å². The highest BCUT2D eigenvalue weighted by Crippen LogP contribution is 2.27. The lowest BCUT2D eigenvalue weighted by Crippen LogP contribution is -2.44. The van der Waals surface area contributed by atoms with E-state index < -0.39 is 0 Å². The van der Waals surface area contributed by atoms with Gasteiger partial charge in [0, 0.05) is 29.7 Å². The Balaban J connectivity index is 2.09. The molecule has 0 amide bonds. The first kappa shape index (κ1) is 16.0. The summed E-state index contributed by atoms with van der Waals surface area (Å²) in [4.78, 5) is 0. The molecule has 0 aliphatic heterocycles. The fraction of sp³-hybridized carbons (Fsp3) is 0.625. The number of nitrogens with two attached hydrogens (primary N) is 1. The fourth-order valence-corrected chi connectivity index (χ4v) is 3.34. The standard InChI is InChI=1S/C16H25BrN2O/c1-11-8-12(6-7-14(11)17)16(9-18)19-15-5-3-2-4-13(15)10-20/h6-8,13,15-16,19-20H,2-5,9-10,18H2,1H3. The van der Waals surface area contributed by atoms with E-state index in [-0.39, 0.29) is 12.6 Å². The number of aryl methyl sites for hydroxylation is 1. The molecule has 1 fully saturated rings. The van der Waals surface area contributed by atoms with Crippen molar-refractivity contribution in [2.75, 3.05) is 13.2 Å². The smallest absolute Gasteiger partial charge is 0.0474 e. The van der Waals surface area contributed by atoms with Gasteiger partial charge in [-0.1, -0.05) is 40.9 Å². The Labute approximate surface area is 130 Å². The van der Waals surface area contributed by atoms with E-state index in [2.05, 4.69) is 46.4 Å². The topological polar surface area (TPSA) is 58.3 Å². The molecular formula is C16H25BrN2O. The van der Waals surface area contributed by atoms with E-state index in [9.17, 15) is 5.11 Å². The Morgan fingerprint density at radius 2 is 2.15 bits per heavy atom. The summed E-state index contributed by atoms with van der Waals surface area (Å²) < 4.78 is 1.13. The number of aliphatic hydroxyl groups excluding tert-OH is 1. The van der Waals surface area contributed by atoms with E-state index in [0.29, 0.717) is 18.5 Å². The van der Waals surface area contributed by atoms with Gasteiger partial charge in [-0.05, 0) is 42.9 Å². The molecule has 0 spiro atoms. The zero-order valence-electron chi connectivity index (χ0n) is 12.1. The molecule has 3 unspecified atom stereocenters. The first-order valence-electron chi connectivity index (χ1n) is 7.48. The van der Waals surface area contributed by atoms with E-state index in [1.54, 1.807) is 0 Å². The largest absolute Gasteiger partial charge is 0.396 e. The van der Waals surface area contributed by atoms with Gasteiger partial charge in [-0.25, -0.2) is 0 Å². The lowest BCUT2D eigenvalue weighted by atomic mass is 9.84. The van der Waals surface area contributed by atoms with E-state index >= 15 is 0 Å². The molecule has 20 heavy (non-hydrogen) atoms. The first-order valence-corrected chi connectivity index (χ1v) is 8.28. The molecule has 1 aliphatic rings. The van der Waals surface area contributed by atoms with Crippen molar-refractivity contribution in [2.45, 2.75) is 44.7 Å². The number of halogens is 1. The van der Waals surface area contributed by atoms with Gasteiger partial charge in [0.05, 0.1) is 0 Å². The molecule has 0 bridgehead atoms. The Morgan fingerprint density at radius 3 is 2.80 bits per heavy atom. The van der Waals surface area contributed by atoms with Crippen LogP contribution in [0.25, 0.3) is 0 Å². The SMILES string of the molecule is Cc1cc(C(CN)NC2CCCCC2CO)ccc1Br. The number of hydrogen-bond acceptors (Lipinski definition) is 3. The van der Waals surface area contributed by atoms with Crippen LogP contribution in [0.1, 0.15) is 42.9 Å².